The molecule has 0 saturated heterocycles. The lowest BCUT2D eigenvalue weighted by molar-refractivity contribution is 0.680. The molecule has 3 rings (SSSR count). The van der Waals surface area contributed by atoms with Crippen LogP contribution in [0.25, 0.3) is 5.78 Å². The molecule has 0 fully saturated rings. The zero-order valence-electron chi connectivity index (χ0n) is 15.1. The van der Waals surface area contributed by atoms with Crippen molar-refractivity contribution in [3.63, 3.8) is 0 Å². The molecule has 2 heterocycles. The minimum absolute atomic E-state index is 0.593. The molecule has 132 valence electrons. The van der Waals surface area contributed by atoms with Gasteiger partial charge in [0, 0.05) is 50.0 Å². The van der Waals surface area contributed by atoms with Crippen LogP contribution >= 0.6 is 0 Å². The summed E-state index contributed by atoms with van der Waals surface area (Å²) in [5.41, 5.74) is 3.13. The van der Waals surface area contributed by atoms with Gasteiger partial charge in [-0.1, -0.05) is 12.1 Å². The van der Waals surface area contributed by atoms with Gasteiger partial charge in [0.15, 0.2) is 0 Å². The number of aromatic nitrogens is 4. The number of benzene rings is 1. The lowest BCUT2D eigenvalue weighted by atomic mass is 10.0. The Labute approximate surface area is 147 Å². The SMILES string of the molecule is CN=S(C)(=O)c1ccc(Cc2c(C)nc3ncnn3c2N(C)C)cc1. The third kappa shape index (κ3) is 3.21. The topological polar surface area (TPSA) is 75.7 Å². The molecule has 0 saturated carbocycles. The van der Waals surface area contributed by atoms with E-state index in [9.17, 15) is 4.21 Å². The van der Waals surface area contributed by atoms with E-state index in [4.69, 9.17) is 0 Å². The van der Waals surface area contributed by atoms with Gasteiger partial charge in [0.05, 0.1) is 9.73 Å². The Bertz CT molecular complexity index is 1030. The van der Waals surface area contributed by atoms with Crippen molar-refractivity contribution >= 4 is 21.3 Å². The van der Waals surface area contributed by atoms with Crippen molar-refractivity contribution in [3.05, 3.63) is 47.4 Å². The lowest BCUT2D eigenvalue weighted by Gasteiger charge is -2.20. The normalized spacial score (nSPS) is 13.6. The molecule has 0 aliphatic heterocycles. The quantitative estimate of drug-likeness (QED) is 0.714. The maximum Gasteiger partial charge on any atom is 0.254 e. The third-order valence-electron chi connectivity index (χ3n) is 4.22. The molecule has 2 aromatic heterocycles. The van der Waals surface area contributed by atoms with Crippen molar-refractivity contribution in [1.82, 2.24) is 19.6 Å². The molecule has 0 radical (unpaired) electrons. The van der Waals surface area contributed by atoms with Gasteiger partial charge < -0.3 is 4.90 Å². The highest BCUT2D eigenvalue weighted by Crippen LogP contribution is 2.25. The molecule has 0 N–H and O–H groups in total. The van der Waals surface area contributed by atoms with Crippen molar-refractivity contribution in [1.29, 1.82) is 0 Å². The van der Waals surface area contributed by atoms with E-state index in [0.29, 0.717) is 12.2 Å². The summed E-state index contributed by atoms with van der Waals surface area (Å²) < 4.78 is 18.1. The van der Waals surface area contributed by atoms with E-state index in [1.54, 1.807) is 17.8 Å². The standard InChI is InChI=1S/C17H22N6OS/c1-12-15(16(22(3)4)23-17(21-12)19-11-20-23)10-13-6-8-14(9-7-13)25(5,24)18-2/h6-9,11H,10H2,1-5H3. The van der Waals surface area contributed by atoms with Crippen molar-refractivity contribution in [2.45, 2.75) is 18.2 Å². The fourth-order valence-electron chi connectivity index (χ4n) is 2.80. The van der Waals surface area contributed by atoms with Crippen molar-refractivity contribution < 1.29 is 4.21 Å². The van der Waals surface area contributed by atoms with Crippen LogP contribution in [0.15, 0.2) is 39.9 Å². The van der Waals surface area contributed by atoms with Gasteiger partial charge in [-0.05, 0) is 24.6 Å². The van der Waals surface area contributed by atoms with E-state index in [-0.39, 0.29) is 0 Å². The maximum atomic E-state index is 12.3. The maximum absolute atomic E-state index is 12.3. The molecule has 3 aromatic rings. The summed E-state index contributed by atoms with van der Waals surface area (Å²) in [6, 6.07) is 7.76. The predicted octanol–water partition coefficient (Wildman–Crippen LogP) is 2.18. The molecule has 0 amide bonds. The first-order valence-electron chi connectivity index (χ1n) is 7.89. The van der Waals surface area contributed by atoms with Crippen LogP contribution in [0.3, 0.4) is 0 Å². The second kappa shape index (κ2) is 6.44. The summed E-state index contributed by atoms with van der Waals surface area (Å²) in [6.07, 6.45) is 3.87. The average molecular weight is 358 g/mol. The number of aryl methyl sites for hydroxylation is 1. The molecular formula is C17H22N6OS. The summed E-state index contributed by atoms with van der Waals surface area (Å²) in [4.78, 5) is 11.5. The van der Waals surface area contributed by atoms with Crippen LogP contribution in [-0.2, 0) is 16.1 Å². The van der Waals surface area contributed by atoms with E-state index in [2.05, 4.69) is 19.4 Å². The molecule has 1 aromatic carbocycles. The minimum atomic E-state index is -2.31. The Morgan fingerprint density at radius 3 is 2.52 bits per heavy atom. The summed E-state index contributed by atoms with van der Waals surface area (Å²) in [5, 5.41) is 4.29. The van der Waals surface area contributed by atoms with Crippen molar-refractivity contribution in [3.8, 4) is 0 Å². The van der Waals surface area contributed by atoms with E-state index < -0.39 is 9.73 Å². The summed E-state index contributed by atoms with van der Waals surface area (Å²) in [7, 11) is 3.25. The Morgan fingerprint density at radius 2 is 1.92 bits per heavy atom. The minimum Gasteiger partial charge on any atom is -0.362 e. The van der Waals surface area contributed by atoms with Crippen LogP contribution in [0.4, 0.5) is 5.82 Å². The first-order chi connectivity index (χ1) is 11.8. The molecule has 1 unspecified atom stereocenters. The number of fused-ring (bicyclic) bond motifs is 1. The molecule has 0 bridgehead atoms. The fourth-order valence-corrected chi connectivity index (χ4v) is 3.66. The first-order valence-corrected chi connectivity index (χ1v) is 9.81. The molecular weight excluding hydrogens is 336 g/mol. The van der Waals surface area contributed by atoms with Crippen molar-refractivity contribution in [2.75, 3.05) is 32.3 Å². The largest absolute Gasteiger partial charge is 0.362 e. The molecule has 0 spiro atoms. The fraction of sp³-hybridized carbons (Fsp3) is 0.353. The third-order valence-corrected chi connectivity index (χ3v) is 6.06. The molecule has 0 aliphatic carbocycles. The number of rotatable bonds is 4. The van der Waals surface area contributed by atoms with Crippen molar-refractivity contribution in [2.24, 2.45) is 4.36 Å². The summed E-state index contributed by atoms with van der Waals surface area (Å²) in [5.74, 6) is 1.56. The van der Waals surface area contributed by atoms with E-state index in [0.717, 1.165) is 27.5 Å². The first kappa shape index (κ1) is 17.3. The van der Waals surface area contributed by atoms with Gasteiger partial charge in [-0.3, -0.25) is 0 Å². The second-order valence-electron chi connectivity index (χ2n) is 6.17. The van der Waals surface area contributed by atoms with Gasteiger partial charge in [-0.25, -0.2) is 13.6 Å². The zero-order valence-corrected chi connectivity index (χ0v) is 15.9. The van der Waals surface area contributed by atoms with Crippen LogP contribution in [0.5, 0.6) is 0 Å². The molecule has 8 heteroatoms. The highest BCUT2D eigenvalue weighted by Gasteiger charge is 2.16. The van der Waals surface area contributed by atoms with Gasteiger partial charge in [-0.2, -0.15) is 14.6 Å². The smallest absolute Gasteiger partial charge is 0.254 e. The lowest BCUT2D eigenvalue weighted by Crippen LogP contribution is -2.18. The molecule has 0 aliphatic rings. The second-order valence-corrected chi connectivity index (χ2v) is 8.61. The number of hydrogen-bond donors (Lipinski definition) is 0. The van der Waals surface area contributed by atoms with Crippen LogP contribution in [-0.4, -0.2) is 51.2 Å². The van der Waals surface area contributed by atoms with Gasteiger partial charge in [0.2, 0.25) is 0 Å². The van der Waals surface area contributed by atoms with Gasteiger partial charge in [-0.15, -0.1) is 0 Å². The molecule has 7 nitrogen and oxygen atoms in total. The zero-order chi connectivity index (χ0) is 18.2. The van der Waals surface area contributed by atoms with Gasteiger partial charge >= 0.3 is 0 Å². The van der Waals surface area contributed by atoms with Gasteiger partial charge in [0.1, 0.15) is 12.1 Å². The average Bonchev–Trinajstić information content (AvgIpc) is 3.03. The Kier molecular flexibility index (Phi) is 4.47. The highest BCUT2D eigenvalue weighted by molar-refractivity contribution is 7.93. The van der Waals surface area contributed by atoms with E-state index >= 15 is 0 Å². The summed E-state index contributed by atoms with van der Waals surface area (Å²) >= 11 is 0. The van der Waals surface area contributed by atoms with Crippen LogP contribution < -0.4 is 4.90 Å². The van der Waals surface area contributed by atoms with Crippen LogP contribution in [0.1, 0.15) is 16.8 Å². The number of nitrogens with zero attached hydrogens (tertiary/aromatic N) is 6. The number of hydrogen-bond acceptors (Lipinski definition) is 6. The monoisotopic (exact) mass is 358 g/mol. The summed E-state index contributed by atoms with van der Waals surface area (Å²) in [6.45, 7) is 1.99. The van der Waals surface area contributed by atoms with Gasteiger partial charge in [0.25, 0.3) is 5.78 Å². The molecule has 1 atom stereocenters. The Morgan fingerprint density at radius 1 is 1.24 bits per heavy atom. The Balaban J connectivity index is 2.05. The van der Waals surface area contributed by atoms with E-state index in [1.807, 2.05) is 50.2 Å². The highest BCUT2D eigenvalue weighted by atomic mass is 32.2. The predicted molar refractivity (Wildman–Crippen MR) is 99.8 cm³/mol. The number of anilines is 1. The molecule has 25 heavy (non-hydrogen) atoms. The van der Waals surface area contributed by atoms with Crippen LogP contribution in [0.2, 0.25) is 0 Å². The van der Waals surface area contributed by atoms with Crippen LogP contribution in [0, 0.1) is 6.92 Å². The Hall–Kier alpha value is -2.48. The van der Waals surface area contributed by atoms with E-state index in [1.165, 1.54) is 6.33 Å².